The molecule has 322 valence electrons. The van der Waals surface area contributed by atoms with Gasteiger partial charge in [-0.2, -0.15) is 0 Å². The average Bonchev–Trinajstić information content (AvgIpc) is 4.08. The minimum atomic E-state index is 0.0740. The van der Waals surface area contributed by atoms with Crippen molar-refractivity contribution in [2.45, 2.75) is 5.92 Å². The molecule has 0 N–H and O–H groups in total. The highest BCUT2D eigenvalue weighted by atomic mass is 16.3. The lowest BCUT2D eigenvalue weighted by atomic mass is 9.88. The summed E-state index contributed by atoms with van der Waals surface area (Å²) >= 11 is 0. The third-order valence-electron chi connectivity index (χ3n) is 13.9. The second-order valence-electron chi connectivity index (χ2n) is 17.9. The molecule has 5 nitrogen and oxygen atoms in total. The van der Waals surface area contributed by atoms with Gasteiger partial charge in [0.25, 0.3) is 0 Å². The van der Waals surface area contributed by atoms with Crippen LogP contribution in [-0.4, -0.2) is 19.5 Å². The van der Waals surface area contributed by atoms with Crippen LogP contribution in [0.25, 0.3) is 117 Å². The molecule has 14 rings (SSSR count). The summed E-state index contributed by atoms with van der Waals surface area (Å²) in [6, 6.07) is 84.0. The van der Waals surface area contributed by atoms with Crippen LogP contribution in [0.2, 0.25) is 0 Å². The first-order chi connectivity index (χ1) is 34.2. The molecule has 3 heterocycles. The van der Waals surface area contributed by atoms with Crippen molar-refractivity contribution in [3.05, 3.63) is 253 Å². The van der Waals surface area contributed by atoms with E-state index in [-0.39, 0.29) is 5.92 Å². The molecule has 3 aromatic heterocycles. The Labute approximate surface area is 398 Å². The monoisotopic (exact) mass is 880 g/mol. The number of hydrogen-bond donors (Lipinski definition) is 0. The Morgan fingerprint density at radius 1 is 0.348 bits per heavy atom. The summed E-state index contributed by atoms with van der Waals surface area (Å²) in [6.07, 6.45) is 0. The van der Waals surface area contributed by atoms with Gasteiger partial charge in [-0.1, -0.05) is 176 Å². The zero-order chi connectivity index (χ0) is 45.4. The average molecular weight is 881 g/mol. The van der Waals surface area contributed by atoms with Crippen LogP contribution in [0.4, 0.5) is 0 Å². The molecule has 1 unspecified atom stereocenters. The number of furan rings is 1. The maximum Gasteiger partial charge on any atom is 0.164 e. The lowest BCUT2D eigenvalue weighted by Gasteiger charge is -2.15. The van der Waals surface area contributed by atoms with E-state index >= 15 is 0 Å². The highest BCUT2D eigenvalue weighted by molar-refractivity contribution is 6.25. The predicted molar refractivity (Wildman–Crippen MR) is 281 cm³/mol. The molecule has 1 aliphatic rings. The molecule has 0 amide bonds. The van der Waals surface area contributed by atoms with Crippen molar-refractivity contribution in [3.63, 3.8) is 0 Å². The van der Waals surface area contributed by atoms with E-state index in [1.165, 1.54) is 38.9 Å². The highest BCUT2D eigenvalue weighted by Crippen LogP contribution is 2.50. The van der Waals surface area contributed by atoms with E-state index in [4.69, 9.17) is 19.4 Å². The Morgan fingerprint density at radius 2 is 0.884 bits per heavy atom. The molecule has 13 aromatic rings. The van der Waals surface area contributed by atoms with Gasteiger partial charge >= 0.3 is 0 Å². The minimum absolute atomic E-state index is 0.0740. The summed E-state index contributed by atoms with van der Waals surface area (Å²) in [5.74, 6) is 1.93. The van der Waals surface area contributed by atoms with Gasteiger partial charge in [0.1, 0.15) is 11.2 Å². The first kappa shape index (κ1) is 39.0. The van der Waals surface area contributed by atoms with Gasteiger partial charge in [-0.15, -0.1) is 0 Å². The molecule has 0 radical (unpaired) electrons. The van der Waals surface area contributed by atoms with Gasteiger partial charge in [-0.25, -0.2) is 15.0 Å². The minimum Gasteiger partial charge on any atom is -0.456 e. The van der Waals surface area contributed by atoms with E-state index in [2.05, 4.69) is 217 Å². The Kier molecular flexibility index (Phi) is 8.89. The molecule has 0 saturated carbocycles. The van der Waals surface area contributed by atoms with E-state index < -0.39 is 0 Å². The Balaban J connectivity index is 0.951. The van der Waals surface area contributed by atoms with E-state index in [0.29, 0.717) is 17.5 Å². The molecule has 1 aliphatic carbocycles. The number of nitrogens with zero attached hydrogens (tertiary/aromatic N) is 4. The van der Waals surface area contributed by atoms with Crippen molar-refractivity contribution in [2.75, 3.05) is 0 Å². The molecule has 0 fully saturated rings. The van der Waals surface area contributed by atoms with Gasteiger partial charge in [0, 0.05) is 44.5 Å². The zero-order valence-corrected chi connectivity index (χ0v) is 37.3. The number of rotatable bonds is 7. The van der Waals surface area contributed by atoms with Crippen molar-refractivity contribution in [1.82, 2.24) is 19.5 Å². The summed E-state index contributed by atoms with van der Waals surface area (Å²) in [4.78, 5) is 15.4. The molecule has 0 saturated heterocycles. The Morgan fingerprint density at radius 3 is 1.61 bits per heavy atom. The second-order valence-corrected chi connectivity index (χ2v) is 17.9. The second kappa shape index (κ2) is 15.7. The van der Waals surface area contributed by atoms with E-state index in [1.54, 1.807) is 0 Å². The van der Waals surface area contributed by atoms with Crippen LogP contribution < -0.4 is 0 Å². The van der Waals surface area contributed by atoms with Crippen LogP contribution in [0.15, 0.2) is 241 Å². The topological polar surface area (TPSA) is 56.7 Å². The standard InChI is InChI=1S/C64H40N4O/c1-5-15-40(16-6-1)42-25-27-44(28-26-42)63-65-62(43-19-9-3-10-20-43)66-64(67-63)47-30-34-56-54(39-47)52-33-36-58-60(61(52)68(56)48-21-11-4-12-22-48)55-38-46(31-35-57(55)69-58)59-50-24-14-13-23-49(50)53-37-45(29-32-51(53)59)41-17-7-2-8-18-41/h1-39,59H. The van der Waals surface area contributed by atoms with Gasteiger partial charge in [0.05, 0.1) is 16.4 Å². The summed E-state index contributed by atoms with van der Waals surface area (Å²) in [5.41, 5.74) is 18.9. The van der Waals surface area contributed by atoms with Crippen molar-refractivity contribution in [1.29, 1.82) is 0 Å². The summed E-state index contributed by atoms with van der Waals surface area (Å²) in [7, 11) is 0. The Bertz CT molecular complexity index is 4100. The molecular weight excluding hydrogens is 841 g/mol. The van der Waals surface area contributed by atoms with Crippen LogP contribution >= 0.6 is 0 Å². The van der Waals surface area contributed by atoms with Crippen molar-refractivity contribution < 1.29 is 4.42 Å². The zero-order valence-electron chi connectivity index (χ0n) is 37.3. The van der Waals surface area contributed by atoms with Crippen molar-refractivity contribution in [2.24, 2.45) is 0 Å². The third kappa shape index (κ3) is 6.43. The molecule has 69 heavy (non-hydrogen) atoms. The summed E-state index contributed by atoms with van der Waals surface area (Å²) in [6.45, 7) is 0. The van der Waals surface area contributed by atoms with Crippen LogP contribution in [-0.2, 0) is 0 Å². The van der Waals surface area contributed by atoms with Crippen LogP contribution in [0.3, 0.4) is 0 Å². The van der Waals surface area contributed by atoms with Gasteiger partial charge in [-0.05, 0) is 111 Å². The fourth-order valence-electron chi connectivity index (χ4n) is 10.7. The van der Waals surface area contributed by atoms with Crippen LogP contribution in [0, 0.1) is 0 Å². The fraction of sp³-hybridized carbons (Fsp3) is 0.0156. The number of benzene rings is 10. The summed E-state index contributed by atoms with van der Waals surface area (Å²) in [5, 5.41) is 4.40. The quantitative estimate of drug-likeness (QED) is 0.160. The molecule has 0 bridgehead atoms. The SMILES string of the molecule is c1ccc(-c2ccc(-c3nc(-c4ccccc4)nc(-c4ccc5c(c4)c4ccc6oc7ccc(C8c9ccccc9-c9cc(-c%10ccccc%10)ccc98)cc7c6c4n5-c4ccccc4)n3)cc2)cc1. The largest absolute Gasteiger partial charge is 0.456 e. The molecule has 1 atom stereocenters. The van der Waals surface area contributed by atoms with Crippen molar-refractivity contribution in [3.8, 4) is 73.2 Å². The maximum atomic E-state index is 6.76. The lowest BCUT2D eigenvalue weighted by Crippen LogP contribution is -2.00. The highest BCUT2D eigenvalue weighted by Gasteiger charge is 2.31. The van der Waals surface area contributed by atoms with Crippen LogP contribution in [0.1, 0.15) is 22.6 Å². The normalized spacial score (nSPS) is 13.1. The van der Waals surface area contributed by atoms with E-state index in [0.717, 1.165) is 77.2 Å². The third-order valence-corrected chi connectivity index (χ3v) is 13.9. The smallest absolute Gasteiger partial charge is 0.164 e. The van der Waals surface area contributed by atoms with Gasteiger partial charge in [0.2, 0.25) is 0 Å². The van der Waals surface area contributed by atoms with Gasteiger partial charge in [0.15, 0.2) is 17.5 Å². The van der Waals surface area contributed by atoms with Gasteiger partial charge in [-0.3, -0.25) is 0 Å². The predicted octanol–water partition coefficient (Wildman–Crippen LogP) is 16.4. The number of aromatic nitrogens is 4. The maximum absolute atomic E-state index is 6.76. The van der Waals surface area contributed by atoms with E-state index in [1.807, 2.05) is 24.3 Å². The Hall–Kier alpha value is -9.19. The van der Waals surface area contributed by atoms with E-state index in [9.17, 15) is 0 Å². The molecular formula is C64H40N4O. The summed E-state index contributed by atoms with van der Waals surface area (Å²) < 4.78 is 9.16. The number of hydrogen-bond acceptors (Lipinski definition) is 4. The number of fused-ring (bicyclic) bond motifs is 10. The molecule has 5 heteroatoms. The first-order valence-electron chi connectivity index (χ1n) is 23.5. The first-order valence-corrected chi connectivity index (χ1v) is 23.5. The molecule has 0 aliphatic heterocycles. The molecule has 0 spiro atoms. The van der Waals surface area contributed by atoms with Crippen molar-refractivity contribution >= 4 is 43.7 Å². The van der Waals surface area contributed by atoms with Gasteiger partial charge < -0.3 is 8.98 Å². The number of para-hydroxylation sites is 1. The van der Waals surface area contributed by atoms with Crippen LogP contribution in [0.5, 0.6) is 0 Å². The molecule has 10 aromatic carbocycles. The lowest BCUT2D eigenvalue weighted by molar-refractivity contribution is 0.669. The fourth-order valence-corrected chi connectivity index (χ4v) is 10.7.